The number of hydrogen-bond acceptors (Lipinski definition) is 2. The number of rotatable bonds is 4. The Morgan fingerprint density at radius 1 is 1.73 bits per heavy atom. The summed E-state index contributed by atoms with van der Waals surface area (Å²) in [5.74, 6) is 0. The summed E-state index contributed by atoms with van der Waals surface area (Å²) in [6.45, 7) is 9.46. The first-order valence-electron chi connectivity index (χ1n) is 4.09. The molecule has 1 atom stereocenters. The Bertz CT molecular complexity index is 133. The van der Waals surface area contributed by atoms with Gasteiger partial charge in [-0.2, -0.15) is 0 Å². The van der Waals surface area contributed by atoms with Crippen molar-refractivity contribution in [2.24, 2.45) is 5.41 Å². The van der Waals surface area contributed by atoms with E-state index in [1.807, 2.05) is 0 Å². The van der Waals surface area contributed by atoms with E-state index in [0.29, 0.717) is 0 Å². The van der Waals surface area contributed by atoms with Gasteiger partial charge in [-0.15, -0.1) is 0 Å². The van der Waals surface area contributed by atoms with Crippen LogP contribution in [-0.4, -0.2) is 19.3 Å². The van der Waals surface area contributed by atoms with Crippen molar-refractivity contribution in [2.45, 2.75) is 26.4 Å². The molecule has 0 saturated carbocycles. The first-order chi connectivity index (χ1) is 5.25. The van der Waals surface area contributed by atoms with Crippen LogP contribution in [0.1, 0.15) is 20.3 Å². The van der Waals surface area contributed by atoms with E-state index in [1.54, 1.807) is 0 Å². The van der Waals surface area contributed by atoms with Crippen LogP contribution in [0.3, 0.4) is 0 Å². The molecule has 0 aromatic heterocycles. The molecule has 1 unspecified atom stereocenters. The fourth-order valence-electron chi connectivity index (χ4n) is 1.38. The zero-order chi connectivity index (χ0) is 8.32. The van der Waals surface area contributed by atoms with E-state index in [9.17, 15) is 0 Å². The standard InChI is InChI=1S/C9H16O2/c1-4-9(6-10-7-9)8(3)11-5-2/h5,8H,2,4,6-7H2,1,3H3. The Labute approximate surface area is 68.2 Å². The van der Waals surface area contributed by atoms with Crippen molar-refractivity contribution < 1.29 is 9.47 Å². The summed E-state index contributed by atoms with van der Waals surface area (Å²) in [4.78, 5) is 0. The molecule has 1 aliphatic heterocycles. The van der Waals surface area contributed by atoms with Gasteiger partial charge >= 0.3 is 0 Å². The topological polar surface area (TPSA) is 18.5 Å². The molecule has 2 heteroatoms. The van der Waals surface area contributed by atoms with Gasteiger partial charge in [-0.1, -0.05) is 13.5 Å². The summed E-state index contributed by atoms with van der Waals surface area (Å²) in [6.07, 6.45) is 2.86. The first kappa shape index (κ1) is 8.60. The minimum Gasteiger partial charge on any atom is -0.498 e. The van der Waals surface area contributed by atoms with Gasteiger partial charge in [-0.3, -0.25) is 0 Å². The first-order valence-corrected chi connectivity index (χ1v) is 4.09. The van der Waals surface area contributed by atoms with Gasteiger partial charge < -0.3 is 9.47 Å². The predicted octanol–water partition coefficient (Wildman–Crippen LogP) is 1.96. The lowest BCUT2D eigenvalue weighted by molar-refractivity contribution is -0.169. The van der Waals surface area contributed by atoms with Gasteiger partial charge in [-0.25, -0.2) is 0 Å². The predicted molar refractivity (Wildman–Crippen MR) is 44.3 cm³/mol. The highest BCUT2D eigenvalue weighted by molar-refractivity contribution is 4.90. The fraction of sp³-hybridized carbons (Fsp3) is 0.778. The van der Waals surface area contributed by atoms with E-state index < -0.39 is 0 Å². The Morgan fingerprint density at radius 3 is 2.64 bits per heavy atom. The van der Waals surface area contributed by atoms with Crippen molar-refractivity contribution in [2.75, 3.05) is 13.2 Å². The van der Waals surface area contributed by atoms with Crippen LogP contribution in [0.25, 0.3) is 0 Å². The van der Waals surface area contributed by atoms with Crippen molar-refractivity contribution in [1.82, 2.24) is 0 Å². The second-order valence-electron chi connectivity index (χ2n) is 3.15. The SMILES string of the molecule is C=COC(C)C1(CC)COC1. The van der Waals surface area contributed by atoms with Crippen LogP contribution in [0.15, 0.2) is 12.8 Å². The zero-order valence-electron chi connectivity index (χ0n) is 7.30. The third-order valence-corrected chi connectivity index (χ3v) is 2.65. The van der Waals surface area contributed by atoms with Crippen molar-refractivity contribution in [1.29, 1.82) is 0 Å². The molecule has 1 rings (SSSR count). The highest BCUT2D eigenvalue weighted by atomic mass is 16.5. The van der Waals surface area contributed by atoms with Crippen LogP contribution in [0.2, 0.25) is 0 Å². The summed E-state index contributed by atoms with van der Waals surface area (Å²) in [7, 11) is 0. The third-order valence-electron chi connectivity index (χ3n) is 2.65. The van der Waals surface area contributed by atoms with Crippen molar-refractivity contribution >= 4 is 0 Å². The summed E-state index contributed by atoms with van der Waals surface area (Å²) in [6, 6.07) is 0. The summed E-state index contributed by atoms with van der Waals surface area (Å²) in [5, 5.41) is 0. The van der Waals surface area contributed by atoms with Crippen LogP contribution in [0, 0.1) is 5.41 Å². The Balaban J connectivity index is 2.46. The maximum atomic E-state index is 5.32. The molecule has 64 valence electrons. The largest absolute Gasteiger partial charge is 0.498 e. The number of ether oxygens (including phenoxy) is 2. The monoisotopic (exact) mass is 156 g/mol. The molecule has 1 fully saturated rings. The van der Waals surface area contributed by atoms with Gasteiger partial charge in [0.2, 0.25) is 0 Å². The Morgan fingerprint density at radius 2 is 2.36 bits per heavy atom. The van der Waals surface area contributed by atoms with Crippen molar-refractivity contribution in [3.63, 3.8) is 0 Å². The molecule has 0 aromatic carbocycles. The zero-order valence-corrected chi connectivity index (χ0v) is 7.30. The van der Waals surface area contributed by atoms with E-state index in [2.05, 4.69) is 20.4 Å². The molecule has 1 heterocycles. The molecule has 1 aliphatic rings. The van der Waals surface area contributed by atoms with Gasteiger partial charge in [0.1, 0.15) is 6.10 Å². The molecule has 0 spiro atoms. The second kappa shape index (κ2) is 3.26. The van der Waals surface area contributed by atoms with Crippen LogP contribution >= 0.6 is 0 Å². The Kier molecular flexibility index (Phi) is 2.55. The number of hydrogen-bond donors (Lipinski definition) is 0. The van der Waals surface area contributed by atoms with E-state index in [4.69, 9.17) is 9.47 Å². The lowest BCUT2D eigenvalue weighted by Crippen LogP contribution is -2.50. The normalized spacial score (nSPS) is 23.5. The van der Waals surface area contributed by atoms with Crippen molar-refractivity contribution in [3.8, 4) is 0 Å². The van der Waals surface area contributed by atoms with Gasteiger partial charge in [0.05, 0.1) is 24.9 Å². The molecule has 0 amide bonds. The van der Waals surface area contributed by atoms with E-state index >= 15 is 0 Å². The highest BCUT2D eigenvalue weighted by Gasteiger charge is 2.42. The van der Waals surface area contributed by atoms with Gasteiger partial charge in [0.15, 0.2) is 0 Å². The quantitative estimate of drug-likeness (QED) is 0.579. The van der Waals surface area contributed by atoms with Gasteiger partial charge in [0, 0.05) is 0 Å². The lowest BCUT2D eigenvalue weighted by Gasteiger charge is -2.44. The average Bonchev–Trinajstić information content (AvgIpc) is 1.87. The van der Waals surface area contributed by atoms with Crippen molar-refractivity contribution in [3.05, 3.63) is 12.8 Å². The van der Waals surface area contributed by atoms with Crippen LogP contribution in [-0.2, 0) is 9.47 Å². The molecule has 0 N–H and O–H groups in total. The maximum Gasteiger partial charge on any atom is 0.105 e. The molecule has 0 bridgehead atoms. The molecular weight excluding hydrogens is 140 g/mol. The second-order valence-corrected chi connectivity index (χ2v) is 3.15. The molecule has 11 heavy (non-hydrogen) atoms. The van der Waals surface area contributed by atoms with Crippen LogP contribution < -0.4 is 0 Å². The molecule has 2 nitrogen and oxygen atoms in total. The van der Waals surface area contributed by atoms with E-state index in [-0.39, 0.29) is 11.5 Å². The molecular formula is C9H16O2. The van der Waals surface area contributed by atoms with E-state index in [1.165, 1.54) is 6.26 Å². The molecule has 0 radical (unpaired) electrons. The van der Waals surface area contributed by atoms with Crippen LogP contribution in [0.4, 0.5) is 0 Å². The average molecular weight is 156 g/mol. The molecule has 0 aliphatic carbocycles. The highest BCUT2D eigenvalue weighted by Crippen LogP contribution is 2.36. The molecule has 1 saturated heterocycles. The van der Waals surface area contributed by atoms with Gasteiger partial charge in [0.25, 0.3) is 0 Å². The lowest BCUT2D eigenvalue weighted by atomic mass is 9.78. The van der Waals surface area contributed by atoms with Gasteiger partial charge in [-0.05, 0) is 13.3 Å². The van der Waals surface area contributed by atoms with E-state index in [0.717, 1.165) is 19.6 Å². The summed E-state index contributed by atoms with van der Waals surface area (Å²) < 4.78 is 10.5. The third kappa shape index (κ3) is 1.41. The summed E-state index contributed by atoms with van der Waals surface area (Å²) >= 11 is 0. The molecule has 0 aromatic rings. The Hall–Kier alpha value is -0.500. The van der Waals surface area contributed by atoms with Crippen LogP contribution in [0.5, 0.6) is 0 Å². The smallest absolute Gasteiger partial charge is 0.105 e. The fourth-order valence-corrected chi connectivity index (χ4v) is 1.38. The minimum absolute atomic E-state index is 0.235. The summed E-state index contributed by atoms with van der Waals surface area (Å²) in [5.41, 5.74) is 0.258. The minimum atomic E-state index is 0.235. The maximum absolute atomic E-state index is 5.32.